The average Bonchev–Trinajstić information content (AvgIpc) is 2.42. The SMILES string of the molecule is Oc1ccccc1OOOOOc1ccccc1O. The van der Waals surface area contributed by atoms with Crippen LogP contribution >= 0.6 is 0 Å². The van der Waals surface area contributed by atoms with Crippen molar-refractivity contribution in [3.8, 4) is 23.0 Å². The smallest absolute Gasteiger partial charge is 0.210 e. The number of hydrogen-bond acceptors (Lipinski definition) is 7. The molecule has 0 saturated heterocycles. The third kappa shape index (κ3) is 3.75. The fraction of sp³-hybridized carbons (Fsp3) is 0. The van der Waals surface area contributed by atoms with Crippen molar-refractivity contribution in [2.45, 2.75) is 0 Å². The number of benzene rings is 2. The van der Waals surface area contributed by atoms with Gasteiger partial charge in [0.1, 0.15) is 0 Å². The van der Waals surface area contributed by atoms with Crippen molar-refractivity contribution < 1.29 is 35.1 Å². The molecule has 2 rings (SSSR count). The molecule has 0 atom stereocenters. The second kappa shape index (κ2) is 6.45. The summed E-state index contributed by atoms with van der Waals surface area (Å²) in [5, 5.41) is 31.1. The molecule has 0 fully saturated rings. The van der Waals surface area contributed by atoms with Crippen molar-refractivity contribution in [1.82, 2.24) is 0 Å². The normalized spacial score (nSPS) is 10.1. The zero-order valence-corrected chi connectivity index (χ0v) is 9.55. The Morgan fingerprint density at radius 3 is 1.42 bits per heavy atom. The van der Waals surface area contributed by atoms with E-state index in [9.17, 15) is 10.2 Å². The van der Waals surface area contributed by atoms with Crippen LogP contribution in [0.15, 0.2) is 48.5 Å². The van der Waals surface area contributed by atoms with Crippen LogP contribution in [0.3, 0.4) is 0 Å². The lowest BCUT2D eigenvalue weighted by Gasteiger charge is -2.05. The summed E-state index contributed by atoms with van der Waals surface area (Å²) in [6.45, 7) is 0. The van der Waals surface area contributed by atoms with Crippen LogP contribution in [0.4, 0.5) is 0 Å². The lowest BCUT2D eigenvalue weighted by atomic mass is 10.3. The largest absolute Gasteiger partial charge is 0.504 e. The van der Waals surface area contributed by atoms with Crippen LogP contribution in [-0.2, 0) is 15.1 Å². The van der Waals surface area contributed by atoms with Gasteiger partial charge in [0.05, 0.1) is 0 Å². The van der Waals surface area contributed by atoms with Crippen molar-refractivity contribution >= 4 is 0 Å². The van der Waals surface area contributed by atoms with E-state index in [1.807, 2.05) is 0 Å². The van der Waals surface area contributed by atoms with Crippen molar-refractivity contribution in [2.75, 3.05) is 0 Å². The Kier molecular flexibility index (Phi) is 4.40. The third-order valence-corrected chi connectivity index (χ3v) is 2.03. The fourth-order valence-electron chi connectivity index (χ4n) is 1.17. The van der Waals surface area contributed by atoms with Crippen molar-refractivity contribution in [3.63, 3.8) is 0 Å². The molecule has 0 aromatic heterocycles. The van der Waals surface area contributed by atoms with Crippen LogP contribution < -0.4 is 9.78 Å². The van der Waals surface area contributed by atoms with E-state index in [1.165, 1.54) is 24.3 Å². The molecule has 0 amide bonds. The van der Waals surface area contributed by atoms with Crippen molar-refractivity contribution in [3.05, 3.63) is 48.5 Å². The fourth-order valence-corrected chi connectivity index (χ4v) is 1.17. The van der Waals surface area contributed by atoms with E-state index < -0.39 is 0 Å². The summed E-state index contributed by atoms with van der Waals surface area (Å²) in [4.78, 5) is 9.13. The molecule has 0 saturated carbocycles. The van der Waals surface area contributed by atoms with Gasteiger partial charge in [0.25, 0.3) is 0 Å². The molecule has 7 heteroatoms. The highest BCUT2D eigenvalue weighted by atomic mass is 17.8. The summed E-state index contributed by atoms with van der Waals surface area (Å²) in [5.41, 5.74) is 0. The molecule has 0 heterocycles. The highest BCUT2D eigenvalue weighted by Crippen LogP contribution is 2.25. The van der Waals surface area contributed by atoms with E-state index in [0.29, 0.717) is 0 Å². The van der Waals surface area contributed by atoms with Crippen LogP contribution in [0, 0.1) is 0 Å². The number of rotatable bonds is 6. The first-order valence-electron chi connectivity index (χ1n) is 5.18. The second-order valence-corrected chi connectivity index (χ2v) is 3.31. The summed E-state index contributed by atoms with van der Waals surface area (Å²) in [6.07, 6.45) is 0. The minimum Gasteiger partial charge on any atom is -0.504 e. The van der Waals surface area contributed by atoms with Gasteiger partial charge in [-0.15, -0.1) is 0 Å². The van der Waals surface area contributed by atoms with Crippen LogP contribution in [0.2, 0.25) is 0 Å². The Balaban J connectivity index is 1.71. The van der Waals surface area contributed by atoms with E-state index in [0.717, 1.165) is 0 Å². The predicted molar refractivity (Wildman–Crippen MR) is 60.7 cm³/mol. The summed E-state index contributed by atoms with van der Waals surface area (Å²) < 4.78 is 0. The molecule has 2 aromatic rings. The summed E-state index contributed by atoms with van der Waals surface area (Å²) in [6, 6.07) is 12.2. The van der Waals surface area contributed by atoms with E-state index in [1.54, 1.807) is 24.3 Å². The van der Waals surface area contributed by atoms with E-state index in [2.05, 4.69) is 24.9 Å². The maximum Gasteiger partial charge on any atom is 0.210 e. The first-order valence-corrected chi connectivity index (χ1v) is 5.18. The number of hydrogen-bond donors (Lipinski definition) is 2. The molecule has 100 valence electrons. The summed E-state index contributed by atoms with van der Waals surface area (Å²) in [7, 11) is 0. The molecule has 0 unspecified atom stereocenters. The minimum atomic E-state index is -0.132. The van der Waals surface area contributed by atoms with Gasteiger partial charge >= 0.3 is 0 Å². The molecular weight excluding hydrogens is 256 g/mol. The monoisotopic (exact) mass is 266 g/mol. The van der Waals surface area contributed by atoms with Gasteiger partial charge in [0.15, 0.2) is 11.5 Å². The Hall–Kier alpha value is -2.48. The van der Waals surface area contributed by atoms with Gasteiger partial charge in [-0.2, -0.15) is 0 Å². The zero-order chi connectivity index (χ0) is 13.5. The van der Waals surface area contributed by atoms with Gasteiger partial charge in [-0.3, -0.25) is 0 Å². The van der Waals surface area contributed by atoms with Crippen LogP contribution in [0.25, 0.3) is 0 Å². The van der Waals surface area contributed by atoms with Crippen LogP contribution in [0.5, 0.6) is 23.0 Å². The van der Waals surface area contributed by atoms with Gasteiger partial charge in [-0.1, -0.05) is 24.3 Å². The second-order valence-electron chi connectivity index (χ2n) is 3.31. The quantitative estimate of drug-likeness (QED) is 0.471. The molecule has 19 heavy (non-hydrogen) atoms. The molecule has 0 aliphatic rings. The van der Waals surface area contributed by atoms with E-state index in [-0.39, 0.29) is 23.0 Å². The summed E-state index contributed by atoms with van der Waals surface area (Å²) >= 11 is 0. The first kappa shape index (κ1) is 13.0. The predicted octanol–water partition coefficient (Wildman–Crippen LogP) is 2.27. The van der Waals surface area contributed by atoms with Gasteiger partial charge in [-0.25, -0.2) is 0 Å². The standard InChI is InChI=1S/C12H10O7/c13-9-5-1-3-7-11(9)15-17-19-18-16-12-8-4-2-6-10(12)14/h1-8,13-14H. The number of phenolic OH excluding ortho intramolecular Hbond substituents is 2. The third-order valence-electron chi connectivity index (χ3n) is 2.03. The Morgan fingerprint density at radius 1 is 0.579 bits per heavy atom. The summed E-state index contributed by atoms with van der Waals surface area (Å²) in [5.74, 6) is -0.192. The molecule has 0 aliphatic carbocycles. The Bertz CT molecular complexity index is 481. The van der Waals surface area contributed by atoms with Gasteiger partial charge < -0.3 is 20.0 Å². The maximum atomic E-state index is 9.32. The Morgan fingerprint density at radius 2 is 1.00 bits per heavy atom. The van der Waals surface area contributed by atoms with Crippen LogP contribution in [0.1, 0.15) is 0 Å². The molecule has 2 aromatic carbocycles. The minimum absolute atomic E-state index is 0.0358. The average molecular weight is 266 g/mol. The Labute approximate surface area is 107 Å². The van der Waals surface area contributed by atoms with E-state index >= 15 is 0 Å². The maximum absolute atomic E-state index is 9.32. The van der Waals surface area contributed by atoms with Gasteiger partial charge in [0, 0.05) is 15.1 Å². The molecule has 0 spiro atoms. The molecule has 0 radical (unpaired) electrons. The van der Waals surface area contributed by atoms with Gasteiger partial charge in [0.2, 0.25) is 11.5 Å². The molecule has 2 N–H and O–H groups in total. The molecule has 7 nitrogen and oxygen atoms in total. The van der Waals surface area contributed by atoms with Crippen molar-refractivity contribution in [1.29, 1.82) is 0 Å². The number of aromatic hydroxyl groups is 2. The van der Waals surface area contributed by atoms with Crippen LogP contribution in [-0.4, -0.2) is 10.2 Å². The van der Waals surface area contributed by atoms with E-state index in [4.69, 9.17) is 0 Å². The number of para-hydroxylation sites is 4. The first-order chi connectivity index (χ1) is 9.27. The molecular formula is C12H10O7. The van der Waals surface area contributed by atoms with Crippen molar-refractivity contribution in [2.24, 2.45) is 0 Å². The lowest BCUT2D eigenvalue weighted by molar-refractivity contribution is -0.672. The highest BCUT2D eigenvalue weighted by molar-refractivity contribution is 5.37. The van der Waals surface area contributed by atoms with Gasteiger partial charge in [-0.05, 0) is 24.3 Å². The zero-order valence-electron chi connectivity index (χ0n) is 9.55. The lowest BCUT2D eigenvalue weighted by Crippen LogP contribution is -2.03. The highest BCUT2D eigenvalue weighted by Gasteiger charge is 2.04. The molecule has 0 bridgehead atoms. The topological polar surface area (TPSA) is 86.6 Å². The molecule has 0 aliphatic heterocycles. The number of phenols is 2.